The number of hydrogen-bond acceptors (Lipinski definition) is 4. The zero-order chi connectivity index (χ0) is 19.7. The molecule has 2 fully saturated rings. The lowest BCUT2D eigenvalue weighted by Gasteiger charge is -2.21. The molecule has 2 aromatic rings. The van der Waals surface area contributed by atoms with E-state index in [0.717, 1.165) is 19.4 Å². The summed E-state index contributed by atoms with van der Waals surface area (Å²) in [7, 11) is 0. The highest BCUT2D eigenvalue weighted by atomic mass is 19.3. The van der Waals surface area contributed by atoms with E-state index in [2.05, 4.69) is 10.1 Å². The quantitative estimate of drug-likeness (QED) is 0.818. The number of rotatable bonds is 5. The molecule has 1 saturated heterocycles. The van der Waals surface area contributed by atoms with E-state index in [1.165, 1.54) is 12.1 Å². The number of fused-ring (bicyclic) bond motifs is 1. The van der Waals surface area contributed by atoms with Crippen LogP contribution >= 0.6 is 0 Å². The topological polar surface area (TPSA) is 67.6 Å². The Hall–Kier alpha value is -2.67. The summed E-state index contributed by atoms with van der Waals surface area (Å²) >= 11 is 0. The fourth-order valence-corrected chi connectivity index (χ4v) is 4.30. The number of hydrogen-bond donors (Lipinski definition) is 2. The third-order valence-corrected chi connectivity index (χ3v) is 5.72. The third kappa shape index (κ3) is 3.80. The summed E-state index contributed by atoms with van der Waals surface area (Å²) in [4.78, 5) is 15.0. The van der Waals surface area contributed by atoms with Crippen molar-refractivity contribution in [1.82, 2.24) is 4.90 Å². The van der Waals surface area contributed by atoms with E-state index in [1.54, 1.807) is 18.2 Å². The monoisotopic (exact) mass is 387 g/mol. The van der Waals surface area contributed by atoms with Crippen LogP contribution in [0.3, 0.4) is 0 Å². The van der Waals surface area contributed by atoms with Crippen molar-refractivity contribution < 1.29 is 18.3 Å². The molecule has 1 heterocycles. The summed E-state index contributed by atoms with van der Waals surface area (Å²) in [5.41, 5.74) is 8.13. The molecule has 3 unspecified atom stereocenters. The molecule has 0 radical (unpaired) electrons. The Balaban J connectivity index is 1.49. The van der Waals surface area contributed by atoms with E-state index in [4.69, 9.17) is 5.73 Å². The maximum atomic E-state index is 13.1. The number of halogens is 2. The molecule has 0 spiro atoms. The molecule has 1 saturated carbocycles. The van der Waals surface area contributed by atoms with Gasteiger partial charge in [-0.25, -0.2) is 0 Å². The van der Waals surface area contributed by atoms with Crippen molar-refractivity contribution in [3.63, 3.8) is 0 Å². The van der Waals surface area contributed by atoms with Crippen LogP contribution in [0.1, 0.15) is 23.2 Å². The second-order valence-corrected chi connectivity index (χ2v) is 7.45. The normalized spacial score (nSPS) is 23.7. The van der Waals surface area contributed by atoms with Crippen LogP contribution in [0.4, 0.5) is 20.2 Å². The van der Waals surface area contributed by atoms with Crippen LogP contribution in [-0.2, 0) is 0 Å². The number of nitrogens with two attached hydrogens (primary N) is 1. The standard InChI is InChI=1S/C21H23F2N3O2/c22-21(23)28-15-8-6-14(7-9-15)25-19-4-2-1-3-16(19)20(27)26-11-13-5-10-18(24)17(13)12-26/h1-4,6-9,13,17-18,21,25H,5,10-12,24H2. The van der Waals surface area contributed by atoms with Gasteiger partial charge in [-0.2, -0.15) is 8.78 Å². The van der Waals surface area contributed by atoms with E-state index < -0.39 is 6.61 Å². The number of amides is 1. The second kappa shape index (κ2) is 7.75. The van der Waals surface area contributed by atoms with Gasteiger partial charge < -0.3 is 20.7 Å². The summed E-state index contributed by atoms with van der Waals surface area (Å²) in [6.07, 6.45) is 2.13. The smallest absolute Gasteiger partial charge is 0.387 e. The predicted molar refractivity (Wildman–Crippen MR) is 103 cm³/mol. The molecule has 3 atom stereocenters. The molecular weight excluding hydrogens is 364 g/mol. The zero-order valence-electron chi connectivity index (χ0n) is 15.4. The van der Waals surface area contributed by atoms with Crippen molar-refractivity contribution in [1.29, 1.82) is 0 Å². The number of carbonyl (C=O) groups is 1. The van der Waals surface area contributed by atoms with Crippen LogP contribution in [-0.4, -0.2) is 36.5 Å². The number of benzene rings is 2. The fraction of sp³-hybridized carbons (Fsp3) is 0.381. The first-order valence-corrected chi connectivity index (χ1v) is 9.47. The summed E-state index contributed by atoms with van der Waals surface area (Å²) in [6.45, 7) is -1.39. The van der Waals surface area contributed by atoms with Crippen LogP contribution in [0.15, 0.2) is 48.5 Å². The SMILES string of the molecule is NC1CCC2CN(C(=O)c3ccccc3Nc3ccc(OC(F)F)cc3)CC12. The third-order valence-electron chi connectivity index (χ3n) is 5.72. The number of alkyl halides is 2. The van der Waals surface area contributed by atoms with Gasteiger partial charge in [-0.3, -0.25) is 4.79 Å². The van der Waals surface area contributed by atoms with Gasteiger partial charge in [-0.1, -0.05) is 12.1 Å². The maximum Gasteiger partial charge on any atom is 0.387 e. The Morgan fingerprint density at radius 3 is 2.57 bits per heavy atom. The number of nitrogens with one attached hydrogen (secondary N) is 1. The van der Waals surface area contributed by atoms with Crippen molar-refractivity contribution in [3.05, 3.63) is 54.1 Å². The molecular formula is C21H23F2N3O2. The van der Waals surface area contributed by atoms with E-state index in [-0.39, 0.29) is 17.7 Å². The molecule has 2 aliphatic rings. The Morgan fingerprint density at radius 1 is 1.11 bits per heavy atom. The van der Waals surface area contributed by atoms with Crippen LogP contribution in [0, 0.1) is 11.8 Å². The molecule has 148 valence electrons. The number of ether oxygens (including phenoxy) is 1. The van der Waals surface area contributed by atoms with Gasteiger partial charge in [0.25, 0.3) is 5.91 Å². The molecule has 1 amide bonds. The maximum absolute atomic E-state index is 13.1. The zero-order valence-corrected chi connectivity index (χ0v) is 15.4. The average Bonchev–Trinajstić information content (AvgIpc) is 3.25. The van der Waals surface area contributed by atoms with Crippen LogP contribution < -0.4 is 15.8 Å². The highest BCUT2D eigenvalue weighted by Crippen LogP contribution is 2.38. The van der Waals surface area contributed by atoms with Crippen LogP contribution in [0.2, 0.25) is 0 Å². The Morgan fingerprint density at radius 2 is 1.86 bits per heavy atom. The molecule has 0 aromatic heterocycles. The second-order valence-electron chi connectivity index (χ2n) is 7.45. The highest BCUT2D eigenvalue weighted by Gasteiger charge is 2.42. The molecule has 7 heteroatoms. The molecule has 0 bridgehead atoms. The minimum atomic E-state index is -2.86. The minimum absolute atomic E-state index is 0.0117. The van der Waals surface area contributed by atoms with E-state index >= 15 is 0 Å². The summed E-state index contributed by atoms with van der Waals surface area (Å²) in [5.74, 6) is 0.972. The van der Waals surface area contributed by atoms with Gasteiger partial charge in [0.05, 0.1) is 11.3 Å². The lowest BCUT2D eigenvalue weighted by Crippen LogP contribution is -2.33. The van der Waals surface area contributed by atoms with Gasteiger partial charge in [0.15, 0.2) is 0 Å². The van der Waals surface area contributed by atoms with Crippen molar-refractivity contribution in [2.45, 2.75) is 25.5 Å². The highest BCUT2D eigenvalue weighted by molar-refractivity contribution is 6.00. The number of carbonyl (C=O) groups excluding carboxylic acids is 1. The molecule has 1 aliphatic heterocycles. The van der Waals surface area contributed by atoms with Gasteiger partial charge in [0.2, 0.25) is 0 Å². The largest absolute Gasteiger partial charge is 0.435 e. The number of para-hydroxylation sites is 1. The van der Waals surface area contributed by atoms with Crippen molar-refractivity contribution in [2.75, 3.05) is 18.4 Å². The Labute approximate surface area is 162 Å². The minimum Gasteiger partial charge on any atom is -0.435 e. The average molecular weight is 387 g/mol. The molecule has 1 aliphatic carbocycles. The molecule has 3 N–H and O–H groups in total. The number of nitrogens with zero attached hydrogens (tertiary/aromatic N) is 1. The number of anilines is 2. The van der Waals surface area contributed by atoms with Crippen molar-refractivity contribution in [3.8, 4) is 5.75 Å². The van der Waals surface area contributed by atoms with E-state index in [1.807, 2.05) is 23.1 Å². The summed E-state index contributed by atoms with van der Waals surface area (Å²) in [6, 6.07) is 13.7. The number of likely N-dealkylation sites (tertiary alicyclic amines) is 1. The van der Waals surface area contributed by atoms with Gasteiger partial charge in [0, 0.05) is 24.8 Å². The van der Waals surface area contributed by atoms with Gasteiger partial charge in [-0.05, 0) is 61.1 Å². The molecule has 5 nitrogen and oxygen atoms in total. The molecule has 4 rings (SSSR count). The first kappa shape index (κ1) is 18.7. The van der Waals surface area contributed by atoms with Crippen LogP contribution in [0.25, 0.3) is 0 Å². The summed E-state index contributed by atoms with van der Waals surface area (Å²) in [5, 5.41) is 3.20. The van der Waals surface area contributed by atoms with Crippen LogP contribution in [0.5, 0.6) is 5.75 Å². The Bertz CT molecular complexity index is 844. The predicted octanol–water partition coefficient (Wildman–Crippen LogP) is 3.84. The Kier molecular flexibility index (Phi) is 5.17. The van der Waals surface area contributed by atoms with Gasteiger partial charge >= 0.3 is 6.61 Å². The van der Waals surface area contributed by atoms with E-state index in [0.29, 0.717) is 35.3 Å². The summed E-state index contributed by atoms with van der Waals surface area (Å²) < 4.78 is 28.9. The lowest BCUT2D eigenvalue weighted by molar-refractivity contribution is -0.0498. The van der Waals surface area contributed by atoms with Crippen molar-refractivity contribution in [2.24, 2.45) is 17.6 Å². The first-order chi connectivity index (χ1) is 13.5. The van der Waals surface area contributed by atoms with Crippen molar-refractivity contribution >= 4 is 17.3 Å². The molecule has 2 aromatic carbocycles. The van der Waals surface area contributed by atoms with Gasteiger partial charge in [-0.15, -0.1) is 0 Å². The lowest BCUT2D eigenvalue weighted by atomic mass is 9.98. The van der Waals surface area contributed by atoms with E-state index in [9.17, 15) is 13.6 Å². The molecule has 28 heavy (non-hydrogen) atoms. The first-order valence-electron chi connectivity index (χ1n) is 9.47. The fourth-order valence-electron chi connectivity index (χ4n) is 4.30. The van der Waals surface area contributed by atoms with Gasteiger partial charge in [0.1, 0.15) is 5.75 Å².